The van der Waals surface area contributed by atoms with Gasteiger partial charge in [0.25, 0.3) is 0 Å². The molecule has 0 unspecified atom stereocenters. The predicted molar refractivity (Wildman–Crippen MR) is 61.1 cm³/mol. The van der Waals surface area contributed by atoms with Crippen LogP contribution in [0.4, 0.5) is 0 Å². The first-order chi connectivity index (χ1) is 6.20. The van der Waals surface area contributed by atoms with E-state index in [0.717, 1.165) is 11.4 Å². The summed E-state index contributed by atoms with van der Waals surface area (Å²) in [5, 5.41) is 0. The van der Waals surface area contributed by atoms with E-state index in [1.54, 1.807) is 0 Å². The summed E-state index contributed by atoms with van der Waals surface area (Å²) in [5.74, 6) is 0. The van der Waals surface area contributed by atoms with Crippen LogP contribution in [0.5, 0.6) is 0 Å². The third-order valence-corrected chi connectivity index (χ3v) is 1.49. The molecule has 0 N–H and O–H groups in total. The standard InChI is InChI=1S/C8H11N.2C2H6/c1-6-4-5-7(2)9-8(6)3;2*1-2/h4-5H,1-3H3;2*1-2H3. The van der Waals surface area contributed by atoms with E-state index >= 15 is 0 Å². The number of hydrogen-bond acceptors (Lipinski definition) is 1. The van der Waals surface area contributed by atoms with Gasteiger partial charge in [-0.25, -0.2) is 0 Å². The number of pyridine rings is 1. The summed E-state index contributed by atoms with van der Waals surface area (Å²) in [4.78, 5) is 4.27. The van der Waals surface area contributed by atoms with Crippen LogP contribution < -0.4 is 0 Å². The van der Waals surface area contributed by atoms with Crippen LogP contribution in [0.15, 0.2) is 12.1 Å². The van der Waals surface area contributed by atoms with Crippen molar-refractivity contribution in [2.24, 2.45) is 0 Å². The van der Waals surface area contributed by atoms with Crippen molar-refractivity contribution >= 4 is 0 Å². The second-order valence-electron chi connectivity index (χ2n) is 2.35. The topological polar surface area (TPSA) is 12.9 Å². The van der Waals surface area contributed by atoms with Crippen LogP contribution in [0.25, 0.3) is 0 Å². The lowest BCUT2D eigenvalue weighted by Gasteiger charge is -1.97. The molecule has 0 amide bonds. The third kappa shape index (κ3) is 6.32. The molecule has 0 radical (unpaired) electrons. The molecule has 1 nitrogen and oxygen atoms in total. The Morgan fingerprint density at radius 2 is 1.31 bits per heavy atom. The van der Waals surface area contributed by atoms with Crippen molar-refractivity contribution < 1.29 is 0 Å². The highest BCUT2D eigenvalue weighted by molar-refractivity contribution is 5.19. The second kappa shape index (κ2) is 9.24. The summed E-state index contributed by atoms with van der Waals surface area (Å²) in [6.07, 6.45) is 0. The van der Waals surface area contributed by atoms with Crippen LogP contribution in [0, 0.1) is 20.8 Å². The molecule has 1 heterocycles. The molecule has 0 aliphatic heterocycles. The highest BCUT2D eigenvalue weighted by Gasteiger charge is 1.90. The van der Waals surface area contributed by atoms with Crippen molar-refractivity contribution in [2.75, 3.05) is 0 Å². The Labute approximate surface area is 83.2 Å². The lowest BCUT2D eigenvalue weighted by Crippen LogP contribution is -1.87. The predicted octanol–water partition coefficient (Wildman–Crippen LogP) is 4.06. The lowest BCUT2D eigenvalue weighted by atomic mass is 10.2. The van der Waals surface area contributed by atoms with Crippen molar-refractivity contribution in [2.45, 2.75) is 48.5 Å². The second-order valence-corrected chi connectivity index (χ2v) is 2.35. The van der Waals surface area contributed by atoms with Crippen LogP contribution in [-0.4, -0.2) is 4.98 Å². The summed E-state index contributed by atoms with van der Waals surface area (Å²) >= 11 is 0. The summed E-state index contributed by atoms with van der Waals surface area (Å²) in [6.45, 7) is 14.1. The van der Waals surface area contributed by atoms with Gasteiger partial charge in [0.15, 0.2) is 0 Å². The first-order valence-electron chi connectivity index (χ1n) is 5.11. The summed E-state index contributed by atoms with van der Waals surface area (Å²) in [7, 11) is 0. The van der Waals surface area contributed by atoms with Gasteiger partial charge < -0.3 is 0 Å². The Hall–Kier alpha value is -0.850. The van der Waals surface area contributed by atoms with Gasteiger partial charge in [-0.2, -0.15) is 0 Å². The molecular formula is C12H23N. The minimum Gasteiger partial charge on any atom is -0.258 e. The van der Waals surface area contributed by atoms with E-state index in [4.69, 9.17) is 0 Å². The van der Waals surface area contributed by atoms with E-state index in [2.05, 4.69) is 18.0 Å². The fraction of sp³-hybridized carbons (Fsp3) is 0.583. The van der Waals surface area contributed by atoms with Crippen molar-refractivity contribution in [3.05, 3.63) is 29.1 Å². The molecule has 0 aliphatic carbocycles. The monoisotopic (exact) mass is 181 g/mol. The molecule has 1 aromatic heterocycles. The quantitative estimate of drug-likeness (QED) is 0.588. The fourth-order valence-electron chi connectivity index (χ4n) is 0.756. The smallest absolute Gasteiger partial charge is 0.0404 e. The van der Waals surface area contributed by atoms with Crippen LogP contribution in [-0.2, 0) is 0 Å². The van der Waals surface area contributed by atoms with Crippen molar-refractivity contribution in [3.8, 4) is 0 Å². The van der Waals surface area contributed by atoms with Crippen LogP contribution >= 0.6 is 0 Å². The van der Waals surface area contributed by atoms with Gasteiger partial charge in [0, 0.05) is 11.4 Å². The van der Waals surface area contributed by atoms with Gasteiger partial charge >= 0.3 is 0 Å². The van der Waals surface area contributed by atoms with Gasteiger partial charge in [0.1, 0.15) is 0 Å². The average Bonchev–Trinajstić information content (AvgIpc) is 2.18. The number of rotatable bonds is 0. The van der Waals surface area contributed by atoms with E-state index in [1.807, 2.05) is 47.6 Å². The van der Waals surface area contributed by atoms with Gasteiger partial charge in [0.05, 0.1) is 0 Å². The molecule has 1 rings (SSSR count). The maximum absolute atomic E-state index is 4.27. The minimum atomic E-state index is 1.10. The summed E-state index contributed by atoms with van der Waals surface area (Å²) < 4.78 is 0. The SMILES string of the molecule is CC.CC.Cc1ccc(C)c(C)n1. The van der Waals surface area contributed by atoms with E-state index in [1.165, 1.54) is 5.56 Å². The van der Waals surface area contributed by atoms with Crippen molar-refractivity contribution in [3.63, 3.8) is 0 Å². The molecular weight excluding hydrogens is 158 g/mol. The van der Waals surface area contributed by atoms with Crippen molar-refractivity contribution in [1.29, 1.82) is 0 Å². The molecule has 0 spiro atoms. The molecule has 0 aliphatic rings. The van der Waals surface area contributed by atoms with E-state index in [9.17, 15) is 0 Å². The highest BCUT2D eigenvalue weighted by atomic mass is 14.7. The van der Waals surface area contributed by atoms with E-state index in [-0.39, 0.29) is 0 Å². The Balaban J connectivity index is 0. The Bertz CT molecular complexity index is 216. The number of nitrogens with zero attached hydrogens (tertiary/aromatic N) is 1. The zero-order valence-corrected chi connectivity index (χ0v) is 10.1. The molecule has 0 saturated heterocycles. The first kappa shape index (κ1) is 14.7. The molecule has 1 heteroatoms. The summed E-state index contributed by atoms with van der Waals surface area (Å²) in [5.41, 5.74) is 3.49. The Morgan fingerprint density at radius 1 is 0.846 bits per heavy atom. The van der Waals surface area contributed by atoms with Gasteiger partial charge in [-0.05, 0) is 32.4 Å². The fourth-order valence-corrected chi connectivity index (χ4v) is 0.756. The normalized spacial score (nSPS) is 7.62. The number of aromatic nitrogens is 1. The first-order valence-corrected chi connectivity index (χ1v) is 5.11. The highest BCUT2D eigenvalue weighted by Crippen LogP contribution is 2.02. The van der Waals surface area contributed by atoms with Gasteiger partial charge in [-0.1, -0.05) is 33.8 Å². The van der Waals surface area contributed by atoms with Crippen LogP contribution in [0.1, 0.15) is 44.6 Å². The molecule has 0 atom stereocenters. The zero-order chi connectivity index (χ0) is 10.9. The largest absolute Gasteiger partial charge is 0.258 e. The van der Waals surface area contributed by atoms with Crippen LogP contribution in [0.3, 0.4) is 0 Å². The van der Waals surface area contributed by atoms with Crippen LogP contribution in [0.2, 0.25) is 0 Å². The maximum Gasteiger partial charge on any atom is 0.0404 e. The molecule has 0 bridgehead atoms. The van der Waals surface area contributed by atoms with Gasteiger partial charge in [-0.3, -0.25) is 4.98 Å². The molecule has 0 saturated carbocycles. The Kier molecular flexibility index (Phi) is 10.4. The van der Waals surface area contributed by atoms with E-state index < -0.39 is 0 Å². The number of hydrogen-bond donors (Lipinski definition) is 0. The average molecular weight is 181 g/mol. The van der Waals surface area contributed by atoms with Gasteiger partial charge in [0.2, 0.25) is 0 Å². The van der Waals surface area contributed by atoms with E-state index in [0.29, 0.717) is 0 Å². The Morgan fingerprint density at radius 3 is 1.62 bits per heavy atom. The molecule has 1 aromatic rings. The van der Waals surface area contributed by atoms with Crippen molar-refractivity contribution in [1.82, 2.24) is 4.98 Å². The maximum atomic E-state index is 4.27. The molecule has 13 heavy (non-hydrogen) atoms. The summed E-state index contributed by atoms with van der Waals surface area (Å²) in [6, 6.07) is 4.12. The van der Waals surface area contributed by atoms with Gasteiger partial charge in [-0.15, -0.1) is 0 Å². The number of aryl methyl sites for hydroxylation is 3. The molecule has 0 fully saturated rings. The zero-order valence-electron chi connectivity index (χ0n) is 10.1. The minimum absolute atomic E-state index is 1.10. The molecule has 0 aromatic carbocycles. The third-order valence-electron chi connectivity index (χ3n) is 1.49. The lowest BCUT2D eigenvalue weighted by molar-refractivity contribution is 1.09. The molecule has 76 valence electrons.